The first-order valence-corrected chi connectivity index (χ1v) is 6.89. The molecule has 0 aliphatic heterocycles. The van der Waals surface area contributed by atoms with Crippen molar-refractivity contribution in [3.05, 3.63) is 23.2 Å². The van der Waals surface area contributed by atoms with Gasteiger partial charge in [0.05, 0.1) is 5.02 Å². The van der Waals surface area contributed by atoms with Crippen LogP contribution in [0, 0.1) is 0 Å². The molecule has 100 valence electrons. The number of thioether (sulfide) groups is 1. The van der Waals surface area contributed by atoms with Crippen LogP contribution in [0.4, 0.5) is 5.69 Å². The van der Waals surface area contributed by atoms with E-state index >= 15 is 0 Å². The molecule has 0 amide bonds. The lowest BCUT2D eigenvalue weighted by molar-refractivity contribution is -0.153. The molecule has 0 fully saturated rings. The van der Waals surface area contributed by atoms with Crippen molar-refractivity contribution in [3.8, 4) is 0 Å². The number of esters is 1. The van der Waals surface area contributed by atoms with Gasteiger partial charge in [-0.3, -0.25) is 4.79 Å². The highest BCUT2D eigenvalue weighted by atomic mass is 35.5. The lowest BCUT2D eigenvalue weighted by Crippen LogP contribution is -2.28. The third-order valence-corrected chi connectivity index (χ3v) is 3.58. The summed E-state index contributed by atoms with van der Waals surface area (Å²) >= 11 is 7.40. The second-order valence-corrected chi connectivity index (χ2v) is 6.77. The number of hydrogen-bond acceptors (Lipinski definition) is 4. The first-order valence-electron chi connectivity index (χ1n) is 5.63. The van der Waals surface area contributed by atoms with Crippen molar-refractivity contribution in [3.63, 3.8) is 0 Å². The van der Waals surface area contributed by atoms with E-state index in [2.05, 4.69) is 0 Å². The number of benzene rings is 1. The molecule has 2 N–H and O–H groups in total. The van der Waals surface area contributed by atoms with Gasteiger partial charge in [-0.2, -0.15) is 0 Å². The number of hydrogen-bond donors (Lipinski definition) is 1. The molecule has 0 bridgehead atoms. The summed E-state index contributed by atoms with van der Waals surface area (Å²) in [6, 6.07) is 5.21. The molecule has 0 spiro atoms. The van der Waals surface area contributed by atoms with Crippen LogP contribution in [0.3, 0.4) is 0 Å². The molecule has 0 saturated heterocycles. The molecule has 3 nitrogen and oxygen atoms in total. The number of halogens is 1. The van der Waals surface area contributed by atoms with E-state index in [1.165, 1.54) is 11.8 Å². The Morgan fingerprint density at radius 3 is 2.61 bits per heavy atom. The van der Waals surface area contributed by atoms with Crippen molar-refractivity contribution in [2.75, 3.05) is 5.73 Å². The smallest absolute Gasteiger partial charge is 0.319 e. The van der Waals surface area contributed by atoms with Crippen molar-refractivity contribution in [1.29, 1.82) is 0 Å². The summed E-state index contributed by atoms with van der Waals surface area (Å²) in [4.78, 5) is 12.6. The molecule has 0 aliphatic rings. The summed E-state index contributed by atoms with van der Waals surface area (Å²) in [7, 11) is 0. The Bertz CT molecular complexity index is 443. The fourth-order valence-electron chi connectivity index (χ4n) is 1.23. The Balaban J connectivity index is 2.72. The van der Waals surface area contributed by atoms with E-state index in [0.29, 0.717) is 10.7 Å². The van der Waals surface area contributed by atoms with Crippen LogP contribution in [-0.4, -0.2) is 16.8 Å². The Morgan fingerprint density at radius 1 is 1.44 bits per heavy atom. The van der Waals surface area contributed by atoms with Gasteiger partial charge in [-0.1, -0.05) is 11.6 Å². The van der Waals surface area contributed by atoms with Gasteiger partial charge in [0.25, 0.3) is 0 Å². The second kappa shape index (κ2) is 5.85. The summed E-state index contributed by atoms with van der Waals surface area (Å²) in [5.74, 6) is -0.258. The maximum absolute atomic E-state index is 11.8. The number of nitrogens with two attached hydrogens (primary N) is 1. The fraction of sp³-hybridized carbons (Fsp3) is 0.462. The summed E-state index contributed by atoms with van der Waals surface area (Å²) in [6.45, 7) is 7.32. The van der Waals surface area contributed by atoms with Crippen molar-refractivity contribution in [2.45, 2.75) is 43.4 Å². The molecular formula is C13H18ClNO2S. The van der Waals surface area contributed by atoms with Crippen LogP contribution >= 0.6 is 23.4 Å². The van der Waals surface area contributed by atoms with E-state index in [4.69, 9.17) is 22.1 Å². The molecular weight excluding hydrogens is 270 g/mol. The first kappa shape index (κ1) is 15.2. The molecule has 0 saturated carbocycles. The van der Waals surface area contributed by atoms with Crippen LogP contribution < -0.4 is 5.73 Å². The normalized spacial score (nSPS) is 13.2. The van der Waals surface area contributed by atoms with Gasteiger partial charge in [0.1, 0.15) is 10.9 Å². The number of ether oxygens (including phenoxy) is 1. The maximum atomic E-state index is 11.8. The topological polar surface area (TPSA) is 52.3 Å². The number of carbonyl (C=O) groups excluding carboxylic acids is 1. The lowest BCUT2D eigenvalue weighted by Gasteiger charge is -2.22. The highest BCUT2D eigenvalue weighted by Gasteiger charge is 2.23. The Labute approximate surface area is 117 Å². The minimum absolute atomic E-state index is 0.258. The molecule has 1 rings (SSSR count). The quantitative estimate of drug-likeness (QED) is 0.523. The van der Waals surface area contributed by atoms with Gasteiger partial charge in [-0.15, -0.1) is 11.8 Å². The summed E-state index contributed by atoms with van der Waals surface area (Å²) in [6.07, 6.45) is 0. The molecule has 1 atom stereocenters. The predicted molar refractivity (Wildman–Crippen MR) is 77.0 cm³/mol. The number of rotatable bonds is 3. The van der Waals surface area contributed by atoms with E-state index in [9.17, 15) is 4.79 Å². The van der Waals surface area contributed by atoms with Gasteiger partial charge < -0.3 is 10.5 Å². The van der Waals surface area contributed by atoms with Crippen molar-refractivity contribution < 1.29 is 9.53 Å². The number of anilines is 1. The van der Waals surface area contributed by atoms with E-state index in [0.717, 1.165) is 4.90 Å². The molecule has 1 aromatic rings. The third kappa shape index (κ3) is 4.78. The van der Waals surface area contributed by atoms with Crippen LogP contribution in [0.25, 0.3) is 0 Å². The molecule has 1 aromatic carbocycles. The van der Waals surface area contributed by atoms with Crippen LogP contribution in [0.2, 0.25) is 5.02 Å². The SMILES string of the molecule is CC(Sc1cc(N)ccc1Cl)C(=O)OC(C)(C)C. The van der Waals surface area contributed by atoms with Crippen molar-refractivity contribution >= 4 is 35.0 Å². The van der Waals surface area contributed by atoms with E-state index in [1.807, 2.05) is 20.8 Å². The first-order chi connectivity index (χ1) is 8.19. The zero-order valence-electron chi connectivity index (χ0n) is 11.0. The zero-order chi connectivity index (χ0) is 13.9. The number of nitrogen functional groups attached to an aromatic ring is 1. The summed E-state index contributed by atoms with van der Waals surface area (Å²) in [5.41, 5.74) is 5.84. The maximum Gasteiger partial charge on any atom is 0.319 e. The van der Waals surface area contributed by atoms with E-state index in [1.54, 1.807) is 25.1 Å². The Morgan fingerprint density at radius 2 is 2.06 bits per heavy atom. The lowest BCUT2D eigenvalue weighted by atomic mass is 10.2. The molecule has 1 unspecified atom stereocenters. The third-order valence-electron chi connectivity index (χ3n) is 2.00. The van der Waals surface area contributed by atoms with E-state index in [-0.39, 0.29) is 11.2 Å². The van der Waals surface area contributed by atoms with Crippen LogP contribution in [0.15, 0.2) is 23.1 Å². The average molecular weight is 288 g/mol. The van der Waals surface area contributed by atoms with Crippen LogP contribution in [0.1, 0.15) is 27.7 Å². The molecule has 0 radical (unpaired) electrons. The summed E-state index contributed by atoms with van der Waals surface area (Å²) in [5, 5.41) is 0.258. The highest BCUT2D eigenvalue weighted by molar-refractivity contribution is 8.00. The molecule has 0 aliphatic carbocycles. The summed E-state index contributed by atoms with van der Waals surface area (Å²) < 4.78 is 5.31. The predicted octanol–water partition coefficient (Wildman–Crippen LogP) is 3.74. The molecule has 5 heteroatoms. The minimum atomic E-state index is -0.481. The van der Waals surface area contributed by atoms with Gasteiger partial charge in [0, 0.05) is 10.6 Å². The monoisotopic (exact) mass is 287 g/mol. The van der Waals surface area contributed by atoms with Gasteiger partial charge in [0.2, 0.25) is 0 Å². The minimum Gasteiger partial charge on any atom is -0.459 e. The Hall–Kier alpha value is -0.870. The highest BCUT2D eigenvalue weighted by Crippen LogP contribution is 2.32. The standard InChI is InChI=1S/C13H18ClNO2S/c1-8(12(16)17-13(2,3)4)18-11-7-9(15)5-6-10(11)14/h5-8H,15H2,1-4H3. The molecule has 18 heavy (non-hydrogen) atoms. The average Bonchev–Trinajstić information content (AvgIpc) is 2.21. The number of carbonyl (C=O) groups is 1. The van der Waals surface area contributed by atoms with Gasteiger partial charge in [-0.05, 0) is 45.9 Å². The van der Waals surface area contributed by atoms with Crippen molar-refractivity contribution in [2.24, 2.45) is 0 Å². The van der Waals surface area contributed by atoms with Crippen LogP contribution in [-0.2, 0) is 9.53 Å². The Kier molecular flexibility index (Phi) is 4.93. The molecule has 0 heterocycles. The second-order valence-electron chi connectivity index (χ2n) is 4.98. The fourth-order valence-corrected chi connectivity index (χ4v) is 2.39. The van der Waals surface area contributed by atoms with Crippen LogP contribution in [0.5, 0.6) is 0 Å². The van der Waals surface area contributed by atoms with Gasteiger partial charge in [-0.25, -0.2) is 0 Å². The van der Waals surface area contributed by atoms with Crippen molar-refractivity contribution in [1.82, 2.24) is 0 Å². The van der Waals surface area contributed by atoms with E-state index < -0.39 is 5.60 Å². The largest absolute Gasteiger partial charge is 0.459 e. The zero-order valence-corrected chi connectivity index (χ0v) is 12.6. The van der Waals surface area contributed by atoms with Gasteiger partial charge >= 0.3 is 5.97 Å². The van der Waals surface area contributed by atoms with Gasteiger partial charge in [0.15, 0.2) is 0 Å². The molecule has 0 aromatic heterocycles.